The van der Waals surface area contributed by atoms with E-state index in [1.54, 1.807) is 13.0 Å². The highest BCUT2D eigenvalue weighted by atomic mass is 79.9. The number of anilines is 1. The van der Waals surface area contributed by atoms with Gasteiger partial charge in [-0.2, -0.15) is 0 Å². The topological polar surface area (TPSA) is 67.4 Å². The molecule has 0 aliphatic rings. The highest BCUT2D eigenvalue weighted by Gasteiger charge is 2.17. The van der Waals surface area contributed by atoms with Crippen LogP contribution in [0.1, 0.15) is 6.92 Å². The molecule has 17 heavy (non-hydrogen) atoms. The number of amides is 2. The monoisotopic (exact) mass is 304 g/mol. The highest BCUT2D eigenvalue weighted by molar-refractivity contribution is 9.10. The van der Waals surface area contributed by atoms with E-state index in [-0.39, 0.29) is 12.3 Å². The van der Waals surface area contributed by atoms with Crippen molar-refractivity contribution in [1.29, 1.82) is 0 Å². The van der Waals surface area contributed by atoms with Gasteiger partial charge in [0.1, 0.15) is 5.82 Å². The first-order valence-electron chi connectivity index (χ1n) is 4.73. The number of carbonyl (C=O) groups is 2. The highest BCUT2D eigenvalue weighted by Crippen LogP contribution is 2.24. The van der Waals surface area contributed by atoms with Crippen LogP contribution in [-0.4, -0.2) is 18.4 Å². The lowest BCUT2D eigenvalue weighted by atomic mass is 10.3. The molecular weight excluding hydrogens is 295 g/mol. The molecule has 0 saturated carbocycles. The lowest BCUT2D eigenvalue weighted by Gasteiger charge is -2.08. The number of rotatable bonds is 3. The van der Waals surface area contributed by atoms with Gasteiger partial charge in [0.25, 0.3) is 0 Å². The molecule has 1 rings (SSSR count). The third-order valence-corrected chi connectivity index (χ3v) is 2.38. The summed E-state index contributed by atoms with van der Waals surface area (Å²) in [6.45, 7) is 1.87. The molecule has 92 valence electrons. The maximum absolute atomic E-state index is 13.3. The number of hydrogen-bond acceptors (Lipinski definition) is 3. The number of hydrogen-bond donors (Lipinski definition) is 2. The third kappa shape index (κ3) is 3.79. The van der Waals surface area contributed by atoms with Gasteiger partial charge in [0.15, 0.2) is 0 Å². The first kappa shape index (κ1) is 13.6. The normalized spacial score (nSPS) is 9.82. The van der Waals surface area contributed by atoms with Crippen LogP contribution >= 0.6 is 15.9 Å². The maximum atomic E-state index is 13.3. The number of nitrogens with one attached hydrogen (secondary N) is 2. The van der Waals surface area contributed by atoms with Crippen molar-refractivity contribution in [1.82, 2.24) is 5.48 Å². The van der Waals surface area contributed by atoms with E-state index in [9.17, 15) is 14.0 Å². The van der Waals surface area contributed by atoms with Crippen LogP contribution in [-0.2, 0) is 14.4 Å². The molecule has 0 aliphatic carbocycles. The van der Waals surface area contributed by atoms with Gasteiger partial charge >= 0.3 is 11.8 Å². The Bertz CT molecular complexity index is 419. The molecular formula is C10H10BrFN2O3. The fourth-order valence-corrected chi connectivity index (χ4v) is 1.41. The van der Waals surface area contributed by atoms with Crippen LogP contribution in [0.3, 0.4) is 0 Å². The van der Waals surface area contributed by atoms with Crippen molar-refractivity contribution in [3.63, 3.8) is 0 Å². The Labute approximate surface area is 105 Å². The SMILES string of the molecule is CCONC(=O)C(=O)Nc1c(F)cccc1Br. The average Bonchev–Trinajstić information content (AvgIpc) is 2.30. The average molecular weight is 305 g/mol. The summed E-state index contributed by atoms with van der Waals surface area (Å²) in [6.07, 6.45) is 0. The Hall–Kier alpha value is -1.47. The van der Waals surface area contributed by atoms with Crippen molar-refractivity contribution < 1.29 is 18.8 Å². The minimum Gasteiger partial charge on any atom is -0.314 e. The first-order valence-corrected chi connectivity index (χ1v) is 5.52. The Morgan fingerprint density at radius 1 is 1.41 bits per heavy atom. The van der Waals surface area contributed by atoms with Gasteiger partial charge in [0, 0.05) is 4.47 Å². The minimum atomic E-state index is -1.01. The second-order valence-corrected chi connectivity index (χ2v) is 3.77. The maximum Gasteiger partial charge on any atom is 0.333 e. The predicted molar refractivity (Wildman–Crippen MR) is 62.5 cm³/mol. The zero-order chi connectivity index (χ0) is 12.8. The Balaban J connectivity index is 2.71. The summed E-state index contributed by atoms with van der Waals surface area (Å²) in [7, 11) is 0. The van der Waals surface area contributed by atoms with E-state index < -0.39 is 17.6 Å². The number of benzene rings is 1. The van der Waals surface area contributed by atoms with E-state index in [2.05, 4.69) is 26.1 Å². The summed E-state index contributed by atoms with van der Waals surface area (Å²) in [5, 5.41) is 2.13. The molecule has 5 nitrogen and oxygen atoms in total. The molecule has 2 amide bonds. The molecule has 0 radical (unpaired) electrons. The molecule has 0 aromatic heterocycles. The standard InChI is InChI=1S/C10H10BrFN2O3/c1-2-17-14-10(16)9(15)13-8-6(11)4-3-5-7(8)12/h3-5H,2H2,1H3,(H,13,15)(H,14,16). The van der Waals surface area contributed by atoms with E-state index >= 15 is 0 Å². The minimum absolute atomic E-state index is 0.0934. The molecule has 0 bridgehead atoms. The van der Waals surface area contributed by atoms with Gasteiger partial charge in [-0.3, -0.25) is 14.4 Å². The molecule has 1 aromatic carbocycles. The molecule has 7 heteroatoms. The van der Waals surface area contributed by atoms with Gasteiger partial charge in [0.05, 0.1) is 12.3 Å². The van der Waals surface area contributed by atoms with Crippen molar-refractivity contribution in [3.05, 3.63) is 28.5 Å². The summed E-state index contributed by atoms with van der Waals surface area (Å²) in [4.78, 5) is 27.0. The van der Waals surface area contributed by atoms with Crippen LogP contribution in [0.15, 0.2) is 22.7 Å². The van der Waals surface area contributed by atoms with Crippen LogP contribution in [0.2, 0.25) is 0 Å². The van der Waals surface area contributed by atoms with Crippen molar-refractivity contribution in [2.24, 2.45) is 0 Å². The molecule has 2 N–H and O–H groups in total. The Kier molecular flexibility index (Phi) is 5.05. The lowest BCUT2D eigenvalue weighted by molar-refractivity contribution is -0.144. The van der Waals surface area contributed by atoms with Crippen molar-refractivity contribution >= 4 is 33.4 Å². The van der Waals surface area contributed by atoms with E-state index in [0.717, 1.165) is 0 Å². The summed E-state index contributed by atoms with van der Waals surface area (Å²) in [5.41, 5.74) is 1.81. The zero-order valence-corrected chi connectivity index (χ0v) is 10.5. The van der Waals surface area contributed by atoms with Gasteiger partial charge in [-0.1, -0.05) is 6.07 Å². The molecule has 0 atom stereocenters. The third-order valence-electron chi connectivity index (χ3n) is 1.72. The van der Waals surface area contributed by atoms with E-state index in [0.29, 0.717) is 4.47 Å². The van der Waals surface area contributed by atoms with Crippen molar-refractivity contribution in [2.45, 2.75) is 6.92 Å². The Morgan fingerprint density at radius 3 is 2.71 bits per heavy atom. The molecule has 0 spiro atoms. The smallest absolute Gasteiger partial charge is 0.314 e. The van der Waals surface area contributed by atoms with E-state index in [1.807, 2.05) is 5.48 Å². The van der Waals surface area contributed by atoms with Crippen LogP contribution in [0.5, 0.6) is 0 Å². The summed E-state index contributed by atoms with van der Waals surface area (Å²) < 4.78 is 13.7. The van der Waals surface area contributed by atoms with Gasteiger partial charge in [0.2, 0.25) is 0 Å². The number of halogens is 2. The van der Waals surface area contributed by atoms with Gasteiger partial charge in [-0.05, 0) is 35.0 Å². The lowest BCUT2D eigenvalue weighted by Crippen LogP contribution is -2.35. The molecule has 0 saturated heterocycles. The summed E-state index contributed by atoms with van der Waals surface area (Å²) in [5.74, 6) is -2.65. The van der Waals surface area contributed by atoms with Crippen molar-refractivity contribution in [2.75, 3.05) is 11.9 Å². The largest absolute Gasteiger partial charge is 0.333 e. The van der Waals surface area contributed by atoms with Crippen LogP contribution < -0.4 is 10.8 Å². The molecule has 0 heterocycles. The van der Waals surface area contributed by atoms with Crippen LogP contribution in [0.25, 0.3) is 0 Å². The number of carbonyl (C=O) groups excluding carboxylic acids is 2. The summed E-state index contributed by atoms with van der Waals surface area (Å²) >= 11 is 3.06. The fourth-order valence-electron chi connectivity index (χ4n) is 0.972. The number of hydroxylamine groups is 1. The Morgan fingerprint density at radius 2 is 2.12 bits per heavy atom. The van der Waals surface area contributed by atoms with Gasteiger partial charge < -0.3 is 5.32 Å². The molecule has 0 aliphatic heterocycles. The van der Waals surface area contributed by atoms with Crippen LogP contribution in [0.4, 0.5) is 10.1 Å². The van der Waals surface area contributed by atoms with Crippen LogP contribution in [0, 0.1) is 5.82 Å². The molecule has 0 unspecified atom stereocenters. The van der Waals surface area contributed by atoms with Gasteiger partial charge in [-0.25, -0.2) is 9.87 Å². The zero-order valence-electron chi connectivity index (χ0n) is 8.92. The molecule has 0 fully saturated rings. The quantitative estimate of drug-likeness (QED) is 0.658. The van der Waals surface area contributed by atoms with Crippen molar-refractivity contribution in [3.8, 4) is 0 Å². The predicted octanol–water partition coefficient (Wildman–Crippen LogP) is 1.59. The first-order chi connectivity index (χ1) is 8.06. The van der Waals surface area contributed by atoms with E-state index in [4.69, 9.17) is 0 Å². The molecule has 1 aromatic rings. The van der Waals surface area contributed by atoms with E-state index in [1.165, 1.54) is 12.1 Å². The second-order valence-electron chi connectivity index (χ2n) is 2.91. The fraction of sp³-hybridized carbons (Fsp3) is 0.200. The van der Waals surface area contributed by atoms with Gasteiger partial charge in [-0.15, -0.1) is 0 Å². The number of para-hydroxylation sites is 1. The second kappa shape index (κ2) is 6.31. The summed E-state index contributed by atoms with van der Waals surface area (Å²) in [6, 6.07) is 4.18.